The summed E-state index contributed by atoms with van der Waals surface area (Å²) >= 11 is 0. The van der Waals surface area contributed by atoms with Crippen LogP contribution >= 0.6 is 0 Å². The molecule has 19 heavy (non-hydrogen) atoms. The summed E-state index contributed by atoms with van der Waals surface area (Å²) in [5.41, 5.74) is 6.23. The smallest absolute Gasteiger partial charge is 0.390 e. The maximum absolute atomic E-state index is 12.0. The van der Waals surface area contributed by atoms with E-state index in [0.717, 1.165) is 0 Å². The van der Waals surface area contributed by atoms with Crippen molar-refractivity contribution in [1.29, 1.82) is 0 Å². The van der Waals surface area contributed by atoms with E-state index < -0.39 is 18.6 Å². The molecule has 1 aromatic carbocycles. The molecule has 1 rings (SSSR count). The third-order valence-electron chi connectivity index (χ3n) is 2.33. The van der Waals surface area contributed by atoms with Gasteiger partial charge in [-0.15, -0.1) is 0 Å². The van der Waals surface area contributed by atoms with Gasteiger partial charge in [-0.1, -0.05) is 6.07 Å². The third kappa shape index (κ3) is 4.69. The van der Waals surface area contributed by atoms with Gasteiger partial charge < -0.3 is 15.8 Å². The maximum Gasteiger partial charge on any atom is 0.390 e. The lowest BCUT2D eigenvalue weighted by atomic mass is 10.1. The summed E-state index contributed by atoms with van der Waals surface area (Å²) in [7, 11) is 0. The Hall–Kier alpha value is -1.92. The molecule has 0 saturated carbocycles. The van der Waals surface area contributed by atoms with Gasteiger partial charge in [-0.3, -0.25) is 0 Å². The molecule has 0 aliphatic rings. The number of halogens is 3. The van der Waals surface area contributed by atoms with Gasteiger partial charge >= 0.3 is 12.1 Å². The van der Waals surface area contributed by atoms with Crippen LogP contribution in [-0.4, -0.2) is 25.3 Å². The molecular formula is C12H15F3N2O2. The van der Waals surface area contributed by atoms with Crippen LogP contribution in [0.1, 0.15) is 23.7 Å². The Morgan fingerprint density at radius 3 is 2.68 bits per heavy atom. The third-order valence-corrected chi connectivity index (χ3v) is 2.33. The molecule has 0 bridgehead atoms. The summed E-state index contributed by atoms with van der Waals surface area (Å²) in [6.07, 6.45) is -5.21. The number of rotatable bonds is 5. The van der Waals surface area contributed by atoms with Crippen LogP contribution in [0.3, 0.4) is 0 Å². The van der Waals surface area contributed by atoms with Gasteiger partial charge in [0.1, 0.15) is 0 Å². The lowest BCUT2D eigenvalue weighted by Gasteiger charge is -2.13. The normalized spacial score (nSPS) is 11.2. The van der Waals surface area contributed by atoms with E-state index in [1.807, 2.05) is 0 Å². The molecule has 0 atom stereocenters. The first kappa shape index (κ1) is 15.1. The number of nitrogens with two attached hydrogens (primary N) is 1. The fourth-order valence-corrected chi connectivity index (χ4v) is 1.45. The number of nitrogen functional groups attached to an aromatic ring is 1. The minimum Gasteiger partial charge on any atom is -0.462 e. The lowest BCUT2D eigenvalue weighted by Crippen LogP contribution is -2.16. The number of anilines is 2. The molecule has 0 saturated heterocycles. The highest BCUT2D eigenvalue weighted by Crippen LogP contribution is 2.25. The van der Waals surface area contributed by atoms with Crippen molar-refractivity contribution in [1.82, 2.24) is 0 Å². The van der Waals surface area contributed by atoms with Gasteiger partial charge in [-0.05, 0) is 19.1 Å². The van der Waals surface area contributed by atoms with E-state index in [9.17, 15) is 18.0 Å². The van der Waals surface area contributed by atoms with Gasteiger partial charge in [0, 0.05) is 6.54 Å². The van der Waals surface area contributed by atoms with Crippen LogP contribution in [-0.2, 0) is 4.74 Å². The van der Waals surface area contributed by atoms with E-state index in [2.05, 4.69) is 5.32 Å². The highest BCUT2D eigenvalue weighted by Gasteiger charge is 2.26. The summed E-state index contributed by atoms with van der Waals surface area (Å²) in [6, 6.07) is 4.50. The highest BCUT2D eigenvalue weighted by atomic mass is 19.4. The first-order chi connectivity index (χ1) is 8.85. The molecular weight excluding hydrogens is 261 g/mol. The molecule has 1 aromatic rings. The molecule has 0 heterocycles. The first-order valence-corrected chi connectivity index (χ1v) is 5.71. The zero-order valence-corrected chi connectivity index (χ0v) is 10.4. The molecule has 7 heteroatoms. The van der Waals surface area contributed by atoms with Crippen LogP contribution in [0.15, 0.2) is 18.2 Å². The molecule has 3 N–H and O–H groups in total. The number of esters is 1. The highest BCUT2D eigenvalue weighted by molar-refractivity contribution is 5.98. The van der Waals surface area contributed by atoms with Crippen LogP contribution in [0, 0.1) is 0 Å². The largest absolute Gasteiger partial charge is 0.462 e. The first-order valence-electron chi connectivity index (χ1n) is 5.71. The number of hydrogen-bond donors (Lipinski definition) is 2. The number of alkyl halides is 3. The molecule has 0 spiro atoms. The number of carbonyl (C=O) groups excluding carboxylic acids is 1. The fraction of sp³-hybridized carbons (Fsp3) is 0.417. The standard InChI is InChI=1S/C12H15F3N2O2/c1-2-19-11(18)8-4-3-5-9(10(8)16)17-7-6-12(13,14)15/h3-5,17H,2,6-7,16H2,1H3. The summed E-state index contributed by atoms with van der Waals surface area (Å²) in [5, 5.41) is 2.55. The number of para-hydroxylation sites is 1. The lowest BCUT2D eigenvalue weighted by molar-refractivity contribution is -0.131. The van der Waals surface area contributed by atoms with Gasteiger partial charge in [-0.25, -0.2) is 4.79 Å². The molecule has 0 aliphatic carbocycles. The van der Waals surface area contributed by atoms with E-state index in [1.54, 1.807) is 6.92 Å². The Labute approximate surface area is 108 Å². The number of nitrogens with one attached hydrogen (secondary N) is 1. The average Bonchev–Trinajstić information content (AvgIpc) is 2.30. The summed E-state index contributed by atoms with van der Waals surface area (Å²) in [5.74, 6) is -0.598. The second-order valence-electron chi connectivity index (χ2n) is 3.78. The van der Waals surface area contributed by atoms with Gasteiger partial charge in [0.05, 0.1) is 30.0 Å². The Morgan fingerprint density at radius 2 is 2.11 bits per heavy atom. The molecule has 0 unspecified atom stereocenters. The molecule has 4 nitrogen and oxygen atoms in total. The quantitative estimate of drug-likeness (QED) is 0.641. The Morgan fingerprint density at radius 1 is 1.42 bits per heavy atom. The second kappa shape index (κ2) is 6.31. The molecule has 0 radical (unpaired) electrons. The van der Waals surface area contributed by atoms with Gasteiger partial charge in [-0.2, -0.15) is 13.2 Å². The Bertz CT molecular complexity index is 447. The number of carbonyl (C=O) groups is 1. The minimum absolute atomic E-state index is 0.0862. The van der Waals surface area contributed by atoms with E-state index in [0.29, 0.717) is 0 Å². The summed E-state index contributed by atoms with van der Waals surface area (Å²) in [6.45, 7) is 1.55. The van der Waals surface area contributed by atoms with E-state index in [-0.39, 0.29) is 30.1 Å². The van der Waals surface area contributed by atoms with Crippen LogP contribution in [0.4, 0.5) is 24.5 Å². The zero-order chi connectivity index (χ0) is 14.5. The van der Waals surface area contributed by atoms with Crippen LogP contribution in [0.25, 0.3) is 0 Å². The number of ether oxygens (including phenoxy) is 1. The van der Waals surface area contributed by atoms with Crippen molar-refractivity contribution >= 4 is 17.3 Å². The molecule has 106 valence electrons. The molecule has 0 amide bonds. The van der Waals surface area contributed by atoms with Crippen molar-refractivity contribution in [3.63, 3.8) is 0 Å². The zero-order valence-electron chi connectivity index (χ0n) is 10.4. The molecule has 0 aliphatic heterocycles. The van der Waals surface area contributed by atoms with E-state index in [1.165, 1.54) is 18.2 Å². The Kier molecular flexibility index (Phi) is 5.02. The predicted octanol–water partition coefficient (Wildman–Crippen LogP) is 2.81. The number of benzene rings is 1. The van der Waals surface area contributed by atoms with Gasteiger partial charge in [0.15, 0.2) is 0 Å². The Balaban J connectivity index is 2.75. The molecule has 0 aromatic heterocycles. The predicted molar refractivity (Wildman–Crippen MR) is 66.0 cm³/mol. The number of hydrogen-bond acceptors (Lipinski definition) is 4. The van der Waals surface area contributed by atoms with Crippen LogP contribution < -0.4 is 11.1 Å². The van der Waals surface area contributed by atoms with Gasteiger partial charge in [0.25, 0.3) is 0 Å². The van der Waals surface area contributed by atoms with Crippen molar-refractivity contribution in [2.45, 2.75) is 19.5 Å². The fourth-order valence-electron chi connectivity index (χ4n) is 1.45. The second-order valence-corrected chi connectivity index (χ2v) is 3.78. The monoisotopic (exact) mass is 276 g/mol. The SMILES string of the molecule is CCOC(=O)c1cccc(NCCC(F)(F)F)c1N. The van der Waals surface area contributed by atoms with Crippen molar-refractivity contribution in [2.24, 2.45) is 0 Å². The topological polar surface area (TPSA) is 64.3 Å². The van der Waals surface area contributed by atoms with Crippen LogP contribution in [0.2, 0.25) is 0 Å². The van der Waals surface area contributed by atoms with Gasteiger partial charge in [0.2, 0.25) is 0 Å². The summed E-state index contributed by atoms with van der Waals surface area (Å²) < 4.78 is 40.9. The van der Waals surface area contributed by atoms with Crippen molar-refractivity contribution in [3.8, 4) is 0 Å². The maximum atomic E-state index is 12.0. The van der Waals surface area contributed by atoms with Crippen molar-refractivity contribution < 1.29 is 22.7 Å². The van der Waals surface area contributed by atoms with Crippen LogP contribution in [0.5, 0.6) is 0 Å². The average molecular weight is 276 g/mol. The van der Waals surface area contributed by atoms with Crippen molar-refractivity contribution in [3.05, 3.63) is 23.8 Å². The van der Waals surface area contributed by atoms with Crippen molar-refractivity contribution in [2.75, 3.05) is 24.2 Å². The molecule has 0 fully saturated rings. The minimum atomic E-state index is -4.24. The summed E-state index contributed by atoms with van der Waals surface area (Å²) in [4.78, 5) is 11.5. The van der Waals surface area contributed by atoms with E-state index >= 15 is 0 Å². The van der Waals surface area contributed by atoms with E-state index in [4.69, 9.17) is 10.5 Å².